The van der Waals surface area contributed by atoms with E-state index in [4.69, 9.17) is 9.84 Å². The Morgan fingerprint density at radius 1 is 1.17 bits per heavy atom. The van der Waals surface area contributed by atoms with Gasteiger partial charge in [-0.2, -0.15) is 0 Å². The average molecular weight is 251 g/mol. The molecule has 0 bridgehead atoms. The third-order valence-electron chi connectivity index (χ3n) is 2.50. The number of rotatable bonds is 8. The van der Waals surface area contributed by atoms with E-state index in [0.717, 1.165) is 37.1 Å². The van der Waals surface area contributed by atoms with E-state index in [1.54, 1.807) is 0 Å². The number of unbranched alkanes of at least 4 members (excludes halogenated alkanes) is 3. The van der Waals surface area contributed by atoms with Gasteiger partial charge < -0.3 is 15.2 Å². The molecular weight excluding hydrogens is 230 g/mol. The Hall–Kier alpha value is -1.55. The highest BCUT2D eigenvalue weighted by atomic mass is 16.5. The number of hydrogen-bond acceptors (Lipinski definition) is 3. The van der Waals surface area contributed by atoms with Gasteiger partial charge in [0.05, 0.1) is 6.61 Å². The molecule has 1 amide bonds. The van der Waals surface area contributed by atoms with Crippen LogP contribution in [0.3, 0.4) is 0 Å². The fraction of sp³-hybridized carbons (Fsp3) is 0.500. The summed E-state index contributed by atoms with van der Waals surface area (Å²) < 4.78 is 5.57. The largest absolute Gasteiger partial charge is 0.494 e. The standard InChI is InChI=1S/C14H21NO3/c1-12(17)15-13-6-8-14(9-7-13)18-11-5-3-2-4-10-16/h6-9,16H,2-5,10-11H2,1H3,(H,15,17). The summed E-state index contributed by atoms with van der Waals surface area (Å²) in [7, 11) is 0. The van der Waals surface area contributed by atoms with Gasteiger partial charge in [0.15, 0.2) is 0 Å². The number of hydrogen-bond donors (Lipinski definition) is 2. The summed E-state index contributed by atoms with van der Waals surface area (Å²) in [6.45, 7) is 2.44. The molecule has 0 aliphatic rings. The van der Waals surface area contributed by atoms with Gasteiger partial charge in [0.25, 0.3) is 0 Å². The summed E-state index contributed by atoms with van der Waals surface area (Å²) in [4.78, 5) is 10.8. The molecule has 0 atom stereocenters. The predicted molar refractivity (Wildman–Crippen MR) is 71.8 cm³/mol. The first-order chi connectivity index (χ1) is 8.72. The van der Waals surface area contributed by atoms with E-state index in [0.29, 0.717) is 6.61 Å². The molecule has 0 saturated heterocycles. The molecule has 0 aliphatic carbocycles. The predicted octanol–water partition coefficient (Wildman–Crippen LogP) is 2.58. The molecule has 1 aromatic rings. The number of carbonyl (C=O) groups is 1. The second-order valence-corrected chi connectivity index (χ2v) is 4.19. The molecule has 2 N–H and O–H groups in total. The Balaban J connectivity index is 2.20. The van der Waals surface area contributed by atoms with Crippen molar-refractivity contribution in [3.05, 3.63) is 24.3 Å². The van der Waals surface area contributed by atoms with Crippen LogP contribution >= 0.6 is 0 Å². The molecule has 4 nitrogen and oxygen atoms in total. The monoisotopic (exact) mass is 251 g/mol. The number of amides is 1. The van der Waals surface area contributed by atoms with Crippen LogP contribution in [0.2, 0.25) is 0 Å². The van der Waals surface area contributed by atoms with Gasteiger partial charge in [-0.1, -0.05) is 6.42 Å². The van der Waals surface area contributed by atoms with E-state index in [-0.39, 0.29) is 12.5 Å². The van der Waals surface area contributed by atoms with Crippen LogP contribution in [0.25, 0.3) is 0 Å². The molecule has 0 aliphatic heterocycles. The second-order valence-electron chi connectivity index (χ2n) is 4.19. The third-order valence-corrected chi connectivity index (χ3v) is 2.50. The summed E-state index contributed by atoms with van der Waals surface area (Å²) >= 11 is 0. The van der Waals surface area contributed by atoms with Crippen LogP contribution in [0.5, 0.6) is 5.75 Å². The Bertz CT molecular complexity index is 349. The highest BCUT2D eigenvalue weighted by molar-refractivity contribution is 5.88. The zero-order valence-electron chi connectivity index (χ0n) is 10.8. The van der Waals surface area contributed by atoms with Gasteiger partial charge in [-0.15, -0.1) is 0 Å². The summed E-state index contributed by atoms with van der Waals surface area (Å²) in [6, 6.07) is 7.34. The number of carbonyl (C=O) groups excluding carboxylic acids is 1. The van der Waals surface area contributed by atoms with Crippen molar-refractivity contribution in [1.29, 1.82) is 0 Å². The van der Waals surface area contributed by atoms with E-state index >= 15 is 0 Å². The number of aliphatic hydroxyl groups excluding tert-OH is 1. The van der Waals surface area contributed by atoms with Crippen LogP contribution in [-0.4, -0.2) is 24.2 Å². The lowest BCUT2D eigenvalue weighted by Gasteiger charge is -2.07. The van der Waals surface area contributed by atoms with Crippen molar-refractivity contribution < 1.29 is 14.6 Å². The van der Waals surface area contributed by atoms with Gasteiger partial charge >= 0.3 is 0 Å². The van der Waals surface area contributed by atoms with Crippen molar-refractivity contribution in [3.63, 3.8) is 0 Å². The Morgan fingerprint density at radius 2 is 1.83 bits per heavy atom. The summed E-state index contributed by atoms with van der Waals surface area (Å²) in [5.41, 5.74) is 0.776. The Labute approximate surface area is 108 Å². The maximum Gasteiger partial charge on any atom is 0.221 e. The summed E-state index contributed by atoms with van der Waals surface area (Å²) in [6.07, 6.45) is 3.98. The van der Waals surface area contributed by atoms with Crippen LogP contribution in [0, 0.1) is 0 Å². The van der Waals surface area contributed by atoms with Gasteiger partial charge in [-0.25, -0.2) is 0 Å². The number of benzene rings is 1. The SMILES string of the molecule is CC(=O)Nc1ccc(OCCCCCCO)cc1. The number of nitrogens with one attached hydrogen (secondary N) is 1. The van der Waals surface area contributed by atoms with Crippen molar-refractivity contribution in [3.8, 4) is 5.75 Å². The molecule has 0 saturated carbocycles. The molecule has 100 valence electrons. The Kier molecular flexibility index (Phi) is 6.87. The van der Waals surface area contributed by atoms with Crippen LogP contribution in [-0.2, 0) is 4.79 Å². The topological polar surface area (TPSA) is 58.6 Å². The molecule has 0 heterocycles. The van der Waals surface area contributed by atoms with Gasteiger partial charge in [-0.3, -0.25) is 4.79 Å². The van der Waals surface area contributed by atoms with E-state index in [1.165, 1.54) is 6.92 Å². The fourth-order valence-electron chi connectivity index (χ4n) is 1.60. The number of anilines is 1. The molecule has 0 aromatic heterocycles. The average Bonchev–Trinajstić information content (AvgIpc) is 2.35. The molecule has 0 radical (unpaired) electrons. The normalized spacial score (nSPS) is 10.1. The first kappa shape index (κ1) is 14.5. The lowest BCUT2D eigenvalue weighted by molar-refractivity contribution is -0.114. The molecule has 1 rings (SSSR count). The summed E-state index contributed by atoms with van der Waals surface area (Å²) in [5, 5.41) is 11.3. The number of aliphatic hydroxyl groups is 1. The molecule has 0 fully saturated rings. The molecule has 0 unspecified atom stereocenters. The zero-order valence-corrected chi connectivity index (χ0v) is 10.8. The van der Waals surface area contributed by atoms with Gasteiger partial charge in [-0.05, 0) is 43.5 Å². The zero-order chi connectivity index (χ0) is 13.2. The second kappa shape index (κ2) is 8.53. The number of ether oxygens (including phenoxy) is 1. The molecular formula is C14H21NO3. The maximum absolute atomic E-state index is 10.8. The van der Waals surface area contributed by atoms with E-state index in [9.17, 15) is 4.79 Å². The van der Waals surface area contributed by atoms with Gasteiger partial charge in [0.2, 0.25) is 5.91 Å². The van der Waals surface area contributed by atoms with Crippen LogP contribution in [0.1, 0.15) is 32.6 Å². The van der Waals surface area contributed by atoms with Crippen LogP contribution in [0.4, 0.5) is 5.69 Å². The minimum Gasteiger partial charge on any atom is -0.494 e. The van der Waals surface area contributed by atoms with Crippen molar-refractivity contribution in [2.45, 2.75) is 32.6 Å². The Morgan fingerprint density at radius 3 is 2.44 bits per heavy atom. The molecule has 0 spiro atoms. The first-order valence-electron chi connectivity index (χ1n) is 6.33. The minimum absolute atomic E-state index is 0.0763. The highest BCUT2D eigenvalue weighted by Crippen LogP contribution is 2.16. The van der Waals surface area contributed by atoms with Crippen molar-refractivity contribution >= 4 is 11.6 Å². The quantitative estimate of drug-likeness (QED) is 0.698. The van der Waals surface area contributed by atoms with Gasteiger partial charge in [0.1, 0.15) is 5.75 Å². The minimum atomic E-state index is -0.0763. The van der Waals surface area contributed by atoms with Crippen LogP contribution < -0.4 is 10.1 Å². The lowest BCUT2D eigenvalue weighted by Crippen LogP contribution is -2.05. The molecule has 18 heavy (non-hydrogen) atoms. The van der Waals surface area contributed by atoms with E-state index in [2.05, 4.69) is 5.32 Å². The lowest BCUT2D eigenvalue weighted by atomic mass is 10.2. The van der Waals surface area contributed by atoms with Crippen molar-refractivity contribution in [1.82, 2.24) is 0 Å². The van der Waals surface area contributed by atoms with E-state index in [1.807, 2.05) is 24.3 Å². The summed E-state index contributed by atoms with van der Waals surface area (Å²) in [5.74, 6) is 0.735. The third kappa shape index (κ3) is 6.25. The maximum atomic E-state index is 10.8. The highest BCUT2D eigenvalue weighted by Gasteiger charge is 1.97. The van der Waals surface area contributed by atoms with Crippen molar-refractivity contribution in [2.24, 2.45) is 0 Å². The smallest absolute Gasteiger partial charge is 0.221 e. The van der Waals surface area contributed by atoms with Crippen molar-refractivity contribution in [2.75, 3.05) is 18.5 Å². The van der Waals surface area contributed by atoms with Gasteiger partial charge in [0, 0.05) is 19.2 Å². The van der Waals surface area contributed by atoms with E-state index < -0.39 is 0 Å². The van der Waals surface area contributed by atoms with Crippen LogP contribution in [0.15, 0.2) is 24.3 Å². The fourth-order valence-corrected chi connectivity index (χ4v) is 1.60. The molecule has 4 heteroatoms. The first-order valence-corrected chi connectivity index (χ1v) is 6.33. The molecule has 1 aromatic carbocycles.